The Morgan fingerprint density at radius 2 is 1.60 bits per heavy atom. The highest BCUT2D eigenvalue weighted by atomic mass is 79.9. The van der Waals surface area contributed by atoms with Crippen LogP contribution in [0.5, 0.6) is 5.75 Å². The number of ether oxygens (including phenoxy) is 1. The topological polar surface area (TPSA) is 75.7 Å². The van der Waals surface area contributed by atoms with Crippen LogP contribution >= 0.6 is 15.9 Å². The third kappa shape index (κ3) is 6.08. The molecule has 3 aromatic carbocycles. The maximum Gasteiger partial charge on any atom is 0.261 e. The van der Waals surface area contributed by atoms with Crippen LogP contribution in [0.2, 0.25) is 0 Å². The summed E-state index contributed by atoms with van der Waals surface area (Å²) < 4.78 is 33.9. The van der Waals surface area contributed by atoms with Gasteiger partial charge in [0.25, 0.3) is 15.9 Å². The van der Waals surface area contributed by atoms with Crippen LogP contribution in [0.3, 0.4) is 0 Å². The first kappa shape index (κ1) is 21.9. The number of likely N-dealkylation sites (N-methyl/N-ethyl adjacent to an activating group) is 1. The van der Waals surface area contributed by atoms with Crippen LogP contribution in [0.4, 0.5) is 5.69 Å². The number of hydrogen-bond donors (Lipinski definition) is 1. The van der Waals surface area contributed by atoms with Crippen LogP contribution in [0.1, 0.15) is 5.56 Å². The van der Waals surface area contributed by atoms with Gasteiger partial charge in [-0.05, 0) is 54.1 Å². The third-order valence-corrected chi connectivity index (χ3v) is 6.21. The number of anilines is 1. The van der Waals surface area contributed by atoms with E-state index in [1.165, 1.54) is 24.3 Å². The Bertz CT molecular complexity index is 1090. The monoisotopic (exact) mass is 488 g/mol. The van der Waals surface area contributed by atoms with Crippen molar-refractivity contribution in [2.45, 2.75) is 11.4 Å². The number of benzene rings is 3. The molecule has 1 amide bonds. The van der Waals surface area contributed by atoms with Gasteiger partial charge in [0, 0.05) is 23.8 Å². The highest BCUT2D eigenvalue weighted by molar-refractivity contribution is 9.10. The van der Waals surface area contributed by atoms with Crippen LogP contribution in [0, 0.1) is 0 Å². The van der Waals surface area contributed by atoms with E-state index in [2.05, 4.69) is 20.7 Å². The van der Waals surface area contributed by atoms with E-state index in [9.17, 15) is 13.2 Å². The number of nitrogens with one attached hydrogen (secondary N) is 1. The van der Waals surface area contributed by atoms with Gasteiger partial charge in [0.2, 0.25) is 0 Å². The van der Waals surface area contributed by atoms with Crippen LogP contribution in [-0.4, -0.2) is 32.9 Å². The number of rotatable bonds is 8. The summed E-state index contributed by atoms with van der Waals surface area (Å²) in [6.45, 7) is 0.356. The fourth-order valence-electron chi connectivity index (χ4n) is 2.65. The van der Waals surface area contributed by atoms with Crippen molar-refractivity contribution in [1.82, 2.24) is 4.90 Å². The molecule has 0 heterocycles. The van der Waals surface area contributed by atoms with Gasteiger partial charge in [-0.25, -0.2) is 8.42 Å². The SMILES string of the molecule is CN(Cc1ccccc1)C(=O)COc1ccc(S(=O)(=O)Nc2ccc(Br)cc2)cc1. The first-order valence-electron chi connectivity index (χ1n) is 9.13. The Balaban J connectivity index is 1.56. The normalized spacial score (nSPS) is 11.0. The molecule has 0 aromatic heterocycles. The minimum atomic E-state index is -3.72. The highest BCUT2D eigenvalue weighted by Gasteiger charge is 2.15. The van der Waals surface area contributed by atoms with Crippen molar-refractivity contribution >= 4 is 37.5 Å². The van der Waals surface area contributed by atoms with Crippen LogP contribution in [0.25, 0.3) is 0 Å². The lowest BCUT2D eigenvalue weighted by Gasteiger charge is -2.17. The molecule has 3 aromatic rings. The summed E-state index contributed by atoms with van der Waals surface area (Å²) in [6, 6.07) is 22.4. The third-order valence-electron chi connectivity index (χ3n) is 4.28. The van der Waals surface area contributed by atoms with Gasteiger partial charge in [0.1, 0.15) is 5.75 Å². The molecule has 6 nitrogen and oxygen atoms in total. The smallest absolute Gasteiger partial charge is 0.261 e. The van der Waals surface area contributed by atoms with Gasteiger partial charge in [0.05, 0.1) is 4.90 Å². The molecule has 3 rings (SSSR count). The summed E-state index contributed by atoms with van der Waals surface area (Å²) in [7, 11) is -2.01. The number of hydrogen-bond acceptors (Lipinski definition) is 4. The quantitative estimate of drug-likeness (QED) is 0.513. The molecule has 30 heavy (non-hydrogen) atoms. The molecule has 0 aliphatic carbocycles. The van der Waals surface area contributed by atoms with E-state index in [0.29, 0.717) is 18.0 Å². The summed E-state index contributed by atoms with van der Waals surface area (Å²) in [6.07, 6.45) is 0. The molecule has 0 radical (unpaired) electrons. The molecule has 0 unspecified atom stereocenters. The van der Waals surface area contributed by atoms with Gasteiger partial charge in [-0.15, -0.1) is 0 Å². The number of halogens is 1. The summed E-state index contributed by atoms with van der Waals surface area (Å²) in [5, 5.41) is 0. The van der Waals surface area contributed by atoms with Crippen LogP contribution < -0.4 is 9.46 Å². The summed E-state index contributed by atoms with van der Waals surface area (Å²) in [5.41, 5.74) is 1.49. The predicted octanol–water partition coefficient (Wildman–Crippen LogP) is 4.29. The molecule has 0 aliphatic heterocycles. The van der Waals surface area contributed by atoms with Crippen LogP contribution in [0.15, 0.2) is 88.2 Å². The molecule has 0 fully saturated rings. The molecule has 0 bridgehead atoms. The lowest BCUT2D eigenvalue weighted by Crippen LogP contribution is -2.30. The van der Waals surface area contributed by atoms with Crippen molar-refractivity contribution < 1.29 is 17.9 Å². The number of amides is 1. The van der Waals surface area contributed by atoms with Gasteiger partial charge in [0.15, 0.2) is 6.61 Å². The fourth-order valence-corrected chi connectivity index (χ4v) is 3.97. The summed E-state index contributed by atoms with van der Waals surface area (Å²) in [5.74, 6) is 0.242. The van der Waals surface area contributed by atoms with E-state index >= 15 is 0 Å². The van der Waals surface area contributed by atoms with Crippen molar-refractivity contribution in [1.29, 1.82) is 0 Å². The zero-order valence-electron chi connectivity index (χ0n) is 16.3. The van der Waals surface area contributed by atoms with E-state index in [-0.39, 0.29) is 17.4 Å². The molecule has 0 saturated carbocycles. The summed E-state index contributed by atoms with van der Waals surface area (Å²) in [4.78, 5) is 13.9. The lowest BCUT2D eigenvalue weighted by atomic mass is 10.2. The average Bonchev–Trinajstić information content (AvgIpc) is 2.74. The molecule has 156 valence electrons. The maximum atomic E-state index is 12.5. The number of nitrogens with zero attached hydrogens (tertiary/aromatic N) is 1. The fraction of sp³-hybridized carbons (Fsp3) is 0.136. The van der Waals surface area contributed by atoms with Crippen molar-refractivity contribution in [2.75, 3.05) is 18.4 Å². The van der Waals surface area contributed by atoms with Crippen LogP contribution in [-0.2, 0) is 21.4 Å². The Kier molecular flexibility index (Phi) is 7.12. The molecule has 0 aliphatic rings. The number of carbonyl (C=O) groups is 1. The Morgan fingerprint density at radius 1 is 0.967 bits per heavy atom. The van der Waals surface area contributed by atoms with E-state index in [1.807, 2.05) is 30.3 Å². The Hall–Kier alpha value is -2.84. The molecular weight excluding hydrogens is 468 g/mol. The average molecular weight is 489 g/mol. The molecular formula is C22H21BrN2O4S. The second kappa shape index (κ2) is 9.77. The second-order valence-corrected chi connectivity index (χ2v) is 9.21. The number of sulfonamides is 1. The minimum Gasteiger partial charge on any atom is -0.484 e. The standard InChI is InChI=1S/C22H21BrN2O4S/c1-25(15-17-5-3-2-4-6-17)22(26)16-29-20-11-13-21(14-12-20)30(27,28)24-19-9-7-18(23)8-10-19/h2-14,24H,15-16H2,1H3. The number of carbonyl (C=O) groups excluding carboxylic acids is 1. The molecule has 1 N–H and O–H groups in total. The van der Waals surface area contributed by atoms with E-state index < -0.39 is 10.0 Å². The van der Waals surface area contributed by atoms with Gasteiger partial charge in [-0.1, -0.05) is 46.3 Å². The van der Waals surface area contributed by atoms with Crippen molar-refractivity contribution in [3.8, 4) is 5.75 Å². The molecule has 0 saturated heterocycles. The van der Waals surface area contributed by atoms with Crippen molar-refractivity contribution in [3.63, 3.8) is 0 Å². The minimum absolute atomic E-state index is 0.102. The maximum absolute atomic E-state index is 12.5. The van der Waals surface area contributed by atoms with Crippen molar-refractivity contribution in [2.24, 2.45) is 0 Å². The van der Waals surface area contributed by atoms with Gasteiger partial charge in [-0.3, -0.25) is 9.52 Å². The lowest BCUT2D eigenvalue weighted by molar-refractivity contribution is -0.132. The second-order valence-electron chi connectivity index (χ2n) is 6.61. The molecule has 0 spiro atoms. The molecule has 0 atom stereocenters. The zero-order chi connectivity index (χ0) is 21.6. The van der Waals surface area contributed by atoms with Crippen molar-refractivity contribution in [3.05, 3.63) is 88.9 Å². The predicted molar refractivity (Wildman–Crippen MR) is 120 cm³/mol. The van der Waals surface area contributed by atoms with E-state index in [4.69, 9.17) is 4.74 Å². The first-order valence-corrected chi connectivity index (χ1v) is 11.4. The Labute approximate surface area is 184 Å². The molecule has 8 heteroatoms. The first-order chi connectivity index (χ1) is 14.3. The van der Waals surface area contributed by atoms with Gasteiger partial charge >= 0.3 is 0 Å². The largest absolute Gasteiger partial charge is 0.484 e. The van der Waals surface area contributed by atoms with Gasteiger partial charge in [-0.2, -0.15) is 0 Å². The van der Waals surface area contributed by atoms with E-state index in [0.717, 1.165) is 10.0 Å². The highest BCUT2D eigenvalue weighted by Crippen LogP contribution is 2.21. The van der Waals surface area contributed by atoms with E-state index in [1.54, 1.807) is 36.2 Å². The van der Waals surface area contributed by atoms with Gasteiger partial charge < -0.3 is 9.64 Å². The zero-order valence-corrected chi connectivity index (χ0v) is 18.7. The summed E-state index contributed by atoms with van der Waals surface area (Å²) >= 11 is 3.31. The Morgan fingerprint density at radius 3 is 2.23 bits per heavy atom.